The SMILES string of the molecule is O=C(O)c1ccccc1SCCN(CCCOc1ccccc1)c1nc2ccccc2o1. The number of ether oxygens (including phenoxy) is 1. The second kappa shape index (κ2) is 10.7. The number of aromatic nitrogens is 1. The molecule has 0 saturated carbocycles. The number of rotatable bonds is 11. The number of carboxylic acid groups (broad SMARTS) is 1. The standard InChI is InChI=1S/C25H24N2O4S/c28-24(29)20-11-4-7-14-23(20)32-18-16-27(15-8-17-30-19-9-2-1-3-10-19)25-26-21-12-5-6-13-22(21)31-25/h1-7,9-14H,8,15-18H2,(H,28,29). The molecule has 7 heteroatoms. The Morgan fingerprint density at radius 3 is 2.53 bits per heavy atom. The highest BCUT2D eigenvalue weighted by Gasteiger charge is 2.15. The van der Waals surface area contributed by atoms with Gasteiger partial charge in [-0.05, 0) is 42.8 Å². The molecule has 4 rings (SSSR count). The molecule has 0 radical (unpaired) electrons. The number of hydrogen-bond acceptors (Lipinski definition) is 6. The second-order valence-electron chi connectivity index (χ2n) is 7.12. The number of para-hydroxylation sites is 3. The summed E-state index contributed by atoms with van der Waals surface area (Å²) in [6, 6.07) is 25.1. The topological polar surface area (TPSA) is 75.8 Å². The van der Waals surface area contributed by atoms with Crippen LogP contribution in [0.15, 0.2) is 88.2 Å². The van der Waals surface area contributed by atoms with Crippen LogP contribution in [0.4, 0.5) is 6.01 Å². The molecular weight excluding hydrogens is 424 g/mol. The van der Waals surface area contributed by atoms with Gasteiger partial charge in [0.1, 0.15) is 11.3 Å². The molecule has 0 aliphatic carbocycles. The number of carbonyl (C=O) groups is 1. The van der Waals surface area contributed by atoms with Gasteiger partial charge in [0, 0.05) is 23.7 Å². The first kappa shape index (κ1) is 21.8. The number of nitrogens with zero attached hydrogens (tertiary/aromatic N) is 2. The van der Waals surface area contributed by atoms with Gasteiger partial charge in [-0.2, -0.15) is 4.98 Å². The summed E-state index contributed by atoms with van der Waals surface area (Å²) in [5, 5.41) is 9.41. The minimum absolute atomic E-state index is 0.321. The molecular formula is C25H24N2O4S. The van der Waals surface area contributed by atoms with Crippen LogP contribution in [0.5, 0.6) is 5.75 Å². The van der Waals surface area contributed by atoms with E-state index in [0.717, 1.165) is 28.2 Å². The number of benzene rings is 3. The zero-order valence-electron chi connectivity index (χ0n) is 17.5. The predicted octanol–water partition coefficient (Wildman–Crippen LogP) is 5.59. The van der Waals surface area contributed by atoms with E-state index in [4.69, 9.17) is 9.15 Å². The van der Waals surface area contributed by atoms with Gasteiger partial charge in [-0.1, -0.05) is 42.5 Å². The summed E-state index contributed by atoms with van der Waals surface area (Å²) < 4.78 is 11.8. The van der Waals surface area contributed by atoms with E-state index in [-0.39, 0.29) is 0 Å². The van der Waals surface area contributed by atoms with Gasteiger partial charge in [-0.25, -0.2) is 4.79 Å². The Hall–Kier alpha value is -3.45. The molecule has 4 aromatic rings. The maximum atomic E-state index is 11.5. The van der Waals surface area contributed by atoms with Gasteiger partial charge in [0.05, 0.1) is 12.2 Å². The van der Waals surface area contributed by atoms with Gasteiger partial charge in [0.25, 0.3) is 6.01 Å². The minimum Gasteiger partial charge on any atom is -0.494 e. The lowest BCUT2D eigenvalue weighted by Gasteiger charge is -2.20. The monoisotopic (exact) mass is 448 g/mol. The number of thioether (sulfide) groups is 1. The summed E-state index contributed by atoms with van der Waals surface area (Å²) in [6.07, 6.45) is 0.796. The fourth-order valence-corrected chi connectivity index (χ4v) is 4.31. The van der Waals surface area contributed by atoms with Gasteiger partial charge in [-0.3, -0.25) is 0 Å². The van der Waals surface area contributed by atoms with E-state index in [1.165, 1.54) is 11.8 Å². The van der Waals surface area contributed by atoms with E-state index in [1.54, 1.807) is 12.1 Å². The predicted molar refractivity (Wildman–Crippen MR) is 127 cm³/mol. The molecule has 1 aromatic heterocycles. The van der Waals surface area contributed by atoms with Crippen molar-refractivity contribution in [1.82, 2.24) is 4.98 Å². The van der Waals surface area contributed by atoms with Crippen LogP contribution in [0.1, 0.15) is 16.8 Å². The van der Waals surface area contributed by atoms with Crippen molar-refractivity contribution in [2.24, 2.45) is 0 Å². The maximum absolute atomic E-state index is 11.5. The number of aromatic carboxylic acids is 1. The number of oxazole rings is 1. The van der Waals surface area contributed by atoms with Crippen molar-refractivity contribution >= 4 is 34.8 Å². The molecule has 164 valence electrons. The largest absolute Gasteiger partial charge is 0.494 e. The van der Waals surface area contributed by atoms with Crippen LogP contribution in [-0.2, 0) is 0 Å². The second-order valence-corrected chi connectivity index (χ2v) is 8.25. The molecule has 0 saturated heterocycles. The van der Waals surface area contributed by atoms with Crippen LogP contribution < -0.4 is 9.64 Å². The Morgan fingerprint density at radius 2 is 1.72 bits per heavy atom. The molecule has 0 unspecified atom stereocenters. The summed E-state index contributed by atoms with van der Waals surface area (Å²) in [5.41, 5.74) is 1.89. The van der Waals surface area contributed by atoms with Gasteiger partial charge in [0.15, 0.2) is 5.58 Å². The van der Waals surface area contributed by atoms with Gasteiger partial charge < -0.3 is 19.2 Å². The van der Waals surface area contributed by atoms with Crippen molar-refractivity contribution in [2.75, 3.05) is 30.3 Å². The maximum Gasteiger partial charge on any atom is 0.336 e. The van der Waals surface area contributed by atoms with Crippen molar-refractivity contribution in [3.8, 4) is 5.75 Å². The van der Waals surface area contributed by atoms with Crippen LogP contribution in [-0.4, -0.2) is 41.5 Å². The lowest BCUT2D eigenvalue weighted by atomic mass is 10.2. The third kappa shape index (κ3) is 5.62. The normalized spacial score (nSPS) is 10.9. The fraction of sp³-hybridized carbons (Fsp3) is 0.200. The highest BCUT2D eigenvalue weighted by Crippen LogP contribution is 2.25. The first-order valence-electron chi connectivity index (χ1n) is 10.4. The lowest BCUT2D eigenvalue weighted by molar-refractivity contribution is 0.0693. The summed E-state index contributed by atoms with van der Waals surface area (Å²) in [6.45, 7) is 1.95. The first-order valence-corrected chi connectivity index (χ1v) is 11.4. The average molecular weight is 449 g/mol. The molecule has 0 amide bonds. The molecule has 0 atom stereocenters. The zero-order valence-corrected chi connectivity index (χ0v) is 18.3. The highest BCUT2D eigenvalue weighted by atomic mass is 32.2. The van der Waals surface area contributed by atoms with Crippen LogP contribution >= 0.6 is 11.8 Å². The Balaban J connectivity index is 1.40. The zero-order chi connectivity index (χ0) is 22.2. The van der Waals surface area contributed by atoms with E-state index < -0.39 is 5.97 Å². The van der Waals surface area contributed by atoms with E-state index in [1.807, 2.05) is 66.7 Å². The van der Waals surface area contributed by atoms with Crippen molar-refractivity contribution in [2.45, 2.75) is 11.3 Å². The third-order valence-corrected chi connectivity index (χ3v) is 5.93. The molecule has 1 heterocycles. The Bertz CT molecular complexity index is 1130. The molecule has 0 aliphatic heterocycles. The van der Waals surface area contributed by atoms with E-state index in [9.17, 15) is 9.90 Å². The molecule has 0 bridgehead atoms. The summed E-state index contributed by atoms with van der Waals surface area (Å²) in [4.78, 5) is 18.9. The smallest absolute Gasteiger partial charge is 0.336 e. The average Bonchev–Trinajstić information content (AvgIpc) is 3.25. The van der Waals surface area contributed by atoms with Crippen molar-refractivity contribution in [3.05, 3.63) is 84.4 Å². The van der Waals surface area contributed by atoms with E-state index in [2.05, 4.69) is 9.88 Å². The summed E-state index contributed by atoms with van der Waals surface area (Å²) >= 11 is 1.52. The first-order chi connectivity index (χ1) is 15.7. The number of carboxylic acids is 1. The fourth-order valence-electron chi connectivity index (χ4n) is 3.30. The number of fused-ring (bicyclic) bond motifs is 1. The Labute approximate surface area is 190 Å². The highest BCUT2D eigenvalue weighted by molar-refractivity contribution is 7.99. The molecule has 32 heavy (non-hydrogen) atoms. The molecule has 6 nitrogen and oxygen atoms in total. The van der Waals surface area contributed by atoms with Gasteiger partial charge in [0.2, 0.25) is 0 Å². The molecule has 0 aliphatic rings. The summed E-state index contributed by atoms with van der Waals surface area (Å²) in [5.74, 6) is 0.631. The molecule has 1 N–H and O–H groups in total. The summed E-state index contributed by atoms with van der Waals surface area (Å²) in [7, 11) is 0. The Morgan fingerprint density at radius 1 is 0.969 bits per heavy atom. The number of hydrogen-bond donors (Lipinski definition) is 1. The minimum atomic E-state index is -0.915. The van der Waals surface area contributed by atoms with Gasteiger partial charge >= 0.3 is 5.97 Å². The van der Waals surface area contributed by atoms with E-state index in [0.29, 0.717) is 37.0 Å². The van der Waals surface area contributed by atoms with Crippen LogP contribution in [0.25, 0.3) is 11.1 Å². The van der Waals surface area contributed by atoms with E-state index >= 15 is 0 Å². The van der Waals surface area contributed by atoms with Crippen LogP contribution in [0, 0.1) is 0 Å². The Kier molecular flexibility index (Phi) is 7.30. The third-order valence-electron chi connectivity index (χ3n) is 4.87. The lowest BCUT2D eigenvalue weighted by Crippen LogP contribution is -2.28. The van der Waals surface area contributed by atoms with Gasteiger partial charge in [-0.15, -0.1) is 11.8 Å². The number of anilines is 1. The van der Waals surface area contributed by atoms with Crippen LogP contribution in [0.3, 0.4) is 0 Å². The van der Waals surface area contributed by atoms with Crippen molar-refractivity contribution in [1.29, 1.82) is 0 Å². The van der Waals surface area contributed by atoms with Crippen molar-refractivity contribution < 1.29 is 19.1 Å². The molecule has 0 fully saturated rings. The van der Waals surface area contributed by atoms with Crippen molar-refractivity contribution in [3.63, 3.8) is 0 Å². The quantitative estimate of drug-likeness (QED) is 0.237. The molecule has 3 aromatic carbocycles. The molecule has 0 spiro atoms. The van der Waals surface area contributed by atoms with Crippen LogP contribution in [0.2, 0.25) is 0 Å².